The summed E-state index contributed by atoms with van der Waals surface area (Å²) in [5.41, 5.74) is 7.11. The van der Waals surface area contributed by atoms with Crippen LogP contribution in [-0.4, -0.2) is 36.0 Å². The van der Waals surface area contributed by atoms with Crippen molar-refractivity contribution >= 4 is 17.4 Å². The molecule has 5 heteroatoms. The molecule has 0 unspecified atom stereocenters. The van der Waals surface area contributed by atoms with Crippen molar-refractivity contribution in [2.75, 3.05) is 20.2 Å². The standard InChI is InChI=1S/C14H22ClN3O/c1-18(7-3-2-4-8-19)10-12-6-5-11(14(16)17)9-13(12)15/h5-6,9,19H,2-4,7-8,10H2,1H3,(H3,16,17). The van der Waals surface area contributed by atoms with E-state index in [-0.39, 0.29) is 12.4 Å². The zero-order valence-electron chi connectivity index (χ0n) is 11.3. The zero-order valence-corrected chi connectivity index (χ0v) is 12.1. The van der Waals surface area contributed by atoms with Gasteiger partial charge >= 0.3 is 0 Å². The molecule has 106 valence electrons. The first-order valence-electron chi connectivity index (χ1n) is 6.47. The number of benzene rings is 1. The Morgan fingerprint density at radius 3 is 2.68 bits per heavy atom. The van der Waals surface area contributed by atoms with Crippen LogP contribution in [0.15, 0.2) is 18.2 Å². The van der Waals surface area contributed by atoms with E-state index in [1.807, 2.05) is 19.2 Å². The SMILES string of the molecule is CN(CCCCCO)Cc1ccc(C(=N)N)cc1Cl. The number of nitrogens with two attached hydrogens (primary N) is 1. The predicted octanol–water partition coefficient (Wildman–Crippen LogP) is 2.22. The molecular formula is C14H22ClN3O. The molecule has 4 nitrogen and oxygen atoms in total. The summed E-state index contributed by atoms with van der Waals surface area (Å²) in [6.07, 6.45) is 2.97. The first-order valence-corrected chi connectivity index (χ1v) is 6.84. The monoisotopic (exact) mass is 283 g/mol. The minimum absolute atomic E-state index is 0.0332. The summed E-state index contributed by atoms with van der Waals surface area (Å²) in [7, 11) is 2.05. The van der Waals surface area contributed by atoms with Gasteiger partial charge in [-0.15, -0.1) is 0 Å². The molecule has 0 fully saturated rings. The lowest BCUT2D eigenvalue weighted by Crippen LogP contribution is -2.19. The second kappa shape index (κ2) is 8.15. The van der Waals surface area contributed by atoms with E-state index >= 15 is 0 Å². The normalized spacial score (nSPS) is 10.9. The van der Waals surface area contributed by atoms with Crippen molar-refractivity contribution in [3.05, 3.63) is 34.3 Å². The highest BCUT2D eigenvalue weighted by atomic mass is 35.5. The van der Waals surface area contributed by atoms with Crippen LogP contribution in [0.5, 0.6) is 0 Å². The summed E-state index contributed by atoms with van der Waals surface area (Å²) in [6, 6.07) is 5.48. The van der Waals surface area contributed by atoms with E-state index < -0.39 is 0 Å². The largest absolute Gasteiger partial charge is 0.396 e. The molecule has 0 atom stereocenters. The summed E-state index contributed by atoms with van der Waals surface area (Å²) in [4.78, 5) is 2.20. The van der Waals surface area contributed by atoms with Crippen molar-refractivity contribution in [2.45, 2.75) is 25.8 Å². The average Bonchev–Trinajstić information content (AvgIpc) is 2.37. The number of aliphatic hydroxyl groups excluding tert-OH is 1. The van der Waals surface area contributed by atoms with Crippen LogP contribution in [0.2, 0.25) is 5.02 Å². The summed E-state index contributed by atoms with van der Waals surface area (Å²) >= 11 is 6.19. The fourth-order valence-corrected chi connectivity index (χ4v) is 2.12. The van der Waals surface area contributed by atoms with E-state index in [0.717, 1.165) is 37.9 Å². The number of hydrogen-bond acceptors (Lipinski definition) is 3. The van der Waals surface area contributed by atoms with E-state index in [2.05, 4.69) is 4.90 Å². The molecule has 0 amide bonds. The second-order valence-corrected chi connectivity index (χ2v) is 5.15. The molecular weight excluding hydrogens is 262 g/mol. The molecule has 0 aliphatic heterocycles. The van der Waals surface area contributed by atoms with Gasteiger partial charge in [-0.05, 0) is 44.5 Å². The molecule has 0 saturated carbocycles. The number of hydrogen-bond donors (Lipinski definition) is 3. The number of aliphatic hydroxyl groups is 1. The van der Waals surface area contributed by atoms with Crippen molar-refractivity contribution in [1.82, 2.24) is 4.90 Å². The lowest BCUT2D eigenvalue weighted by atomic mass is 10.1. The summed E-state index contributed by atoms with van der Waals surface area (Å²) in [5.74, 6) is 0.0332. The van der Waals surface area contributed by atoms with Gasteiger partial charge in [-0.25, -0.2) is 0 Å². The Morgan fingerprint density at radius 1 is 1.37 bits per heavy atom. The van der Waals surface area contributed by atoms with E-state index in [4.69, 9.17) is 27.9 Å². The van der Waals surface area contributed by atoms with Crippen LogP contribution in [0, 0.1) is 5.41 Å². The van der Waals surface area contributed by atoms with E-state index in [0.29, 0.717) is 10.6 Å². The molecule has 0 aliphatic carbocycles. The van der Waals surface area contributed by atoms with Gasteiger partial charge < -0.3 is 15.7 Å². The van der Waals surface area contributed by atoms with Gasteiger partial charge in [0.2, 0.25) is 0 Å². The Morgan fingerprint density at radius 2 is 2.11 bits per heavy atom. The Labute approximate surface area is 119 Å². The van der Waals surface area contributed by atoms with Gasteiger partial charge in [0.1, 0.15) is 5.84 Å². The van der Waals surface area contributed by atoms with Crippen molar-refractivity contribution < 1.29 is 5.11 Å². The fraction of sp³-hybridized carbons (Fsp3) is 0.500. The Hall–Kier alpha value is -1.10. The van der Waals surface area contributed by atoms with Gasteiger partial charge in [-0.3, -0.25) is 5.41 Å². The third-order valence-corrected chi connectivity index (χ3v) is 3.35. The summed E-state index contributed by atoms with van der Waals surface area (Å²) in [6.45, 7) is 2.02. The minimum atomic E-state index is 0.0332. The zero-order chi connectivity index (χ0) is 14.3. The number of rotatable bonds is 8. The maximum absolute atomic E-state index is 8.72. The molecule has 1 aromatic rings. The Bertz CT molecular complexity index is 423. The highest BCUT2D eigenvalue weighted by Gasteiger charge is 2.06. The van der Waals surface area contributed by atoms with Gasteiger partial charge in [0, 0.05) is 23.7 Å². The first kappa shape index (κ1) is 16.0. The van der Waals surface area contributed by atoms with Gasteiger partial charge in [-0.2, -0.15) is 0 Å². The van der Waals surface area contributed by atoms with Crippen LogP contribution in [0.3, 0.4) is 0 Å². The molecule has 0 spiro atoms. The molecule has 1 rings (SSSR count). The summed E-state index contributed by atoms with van der Waals surface area (Å²) < 4.78 is 0. The van der Waals surface area contributed by atoms with Crippen molar-refractivity contribution in [3.63, 3.8) is 0 Å². The Balaban J connectivity index is 2.50. The maximum Gasteiger partial charge on any atom is 0.122 e. The van der Waals surface area contributed by atoms with E-state index in [1.54, 1.807) is 6.07 Å². The highest BCUT2D eigenvalue weighted by Crippen LogP contribution is 2.19. The quantitative estimate of drug-likeness (QED) is 0.389. The van der Waals surface area contributed by atoms with E-state index in [9.17, 15) is 0 Å². The van der Waals surface area contributed by atoms with Crippen LogP contribution >= 0.6 is 11.6 Å². The van der Waals surface area contributed by atoms with Crippen molar-refractivity contribution in [1.29, 1.82) is 5.41 Å². The lowest BCUT2D eigenvalue weighted by molar-refractivity contribution is 0.271. The van der Waals surface area contributed by atoms with Crippen LogP contribution in [-0.2, 0) is 6.54 Å². The molecule has 0 heterocycles. The van der Waals surface area contributed by atoms with Crippen LogP contribution in [0.1, 0.15) is 30.4 Å². The lowest BCUT2D eigenvalue weighted by Gasteiger charge is -2.17. The topological polar surface area (TPSA) is 73.3 Å². The fourth-order valence-electron chi connectivity index (χ4n) is 1.88. The van der Waals surface area contributed by atoms with Crippen LogP contribution < -0.4 is 5.73 Å². The van der Waals surface area contributed by atoms with E-state index in [1.165, 1.54) is 0 Å². The van der Waals surface area contributed by atoms with Crippen molar-refractivity contribution in [2.24, 2.45) is 5.73 Å². The maximum atomic E-state index is 8.72. The van der Waals surface area contributed by atoms with Crippen LogP contribution in [0.4, 0.5) is 0 Å². The first-order chi connectivity index (χ1) is 9.04. The van der Waals surface area contributed by atoms with Crippen molar-refractivity contribution in [3.8, 4) is 0 Å². The van der Waals surface area contributed by atoms with Gasteiger partial charge in [0.05, 0.1) is 0 Å². The number of amidine groups is 1. The number of halogens is 1. The molecule has 0 aromatic heterocycles. The molecule has 1 aromatic carbocycles. The second-order valence-electron chi connectivity index (χ2n) is 4.74. The number of nitrogens with one attached hydrogen (secondary N) is 1. The molecule has 0 saturated heterocycles. The summed E-state index contributed by atoms with van der Waals surface area (Å²) in [5, 5.41) is 16.7. The molecule has 4 N–H and O–H groups in total. The number of unbranched alkanes of at least 4 members (excludes halogenated alkanes) is 2. The molecule has 19 heavy (non-hydrogen) atoms. The van der Waals surface area contributed by atoms with Gasteiger partial charge in [-0.1, -0.05) is 23.7 Å². The third-order valence-electron chi connectivity index (χ3n) is 3.00. The third kappa shape index (κ3) is 5.59. The number of nitrogen functional groups attached to an aromatic ring is 1. The molecule has 0 bridgehead atoms. The van der Waals surface area contributed by atoms with Gasteiger partial charge in [0.15, 0.2) is 0 Å². The molecule has 0 radical (unpaired) electrons. The predicted molar refractivity (Wildman–Crippen MR) is 79.7 cm³/mol. The smallest absolute Gasteiger partial charge is 0.122 e. The molecule has 0 aliphatic rings. The average molecular weight is 284 g/mol. The highest BCUT2D eigenvalue weighted by molar-refractivity contribution is 6.31. The minimum Gasteiger partial charge on any atom is -0.396 e. The van der Waals surface area contributed by atoms with Gasteiger partial charge in [0.25, 0.3) is 0 Å². The number of nitrogens with zero attached hydrogens (tertiary/aromatic N) is 1. The Kier molecular flexibility index (Phi) is 6.84. The van der Waals surface area contributed by atoms with Crippen LogP contribution in [0.25, 0.3) is 0 Å².